The van der Waals surface area contributed by atoms with Gasteiger partial charge in [-0.1, -0.05) is 33.1 Å². The van der Waals surface area contributed by atoms with Crippen LogP contribution in [-0.2, 0) is 19.4 Å². The molecule has 0 saturated heterocycles. The van der Waals surface area contributed by atoms with E-state index in [1.807, 2.05) is 0 Å². The van der Waals surface area contributed by atoms with Gasteiger partial charge in [-0.15, -0.1) is 34.2 Å². The Morgan fingerprint density at radius 2 is 1.96 bits per heavy atom. The van der Waals surface area contributed by atoms with E-state index in [1.165, 1.54) is 32.1 Å². The summed E-state index contributed by atoms with van der Waals surface area (Å²) in [4.78, 5) is 4.46. The first-order chi connectivity index (χ1) is 12.1. The molecule has 1 unspecified atom stereocenters. The normalized spacial score (nSPS) is 15.9. The molecule has 1 aliphatic rings. The second-order valence-electron chi connectivity index (χ2n) is 7.74. The fourth-order valence-electron chi connectivity index (χ4n) is 3.37. The van der Waals surface area contributed by atoms with Crippen LogP contribution in [0, 0.1) is 5.92 Å². The predicted molar refractivity (Wildman–Crippen MR) is 119 cm³/mol. The zero-order valence-electron chi connectivity index (χ0n) is 16.7. The molecule has 7 heteroatoms. The lowest BCUT2D eigenvalue weighted by atomic mass is 10.0. The van der Waals surface area contributed by atoms with Crippen LogP contribution in [0.3, 0.4) is 0 Å². The molecule has 0 bridgehead atoms. The quantitative estimate of drug-likeness (QED) is 0.247. The molecule has 1 atom stereocenters. The first kappa shape index (κ1) is 23.2. The van der Waals surface area contributed by atoms with Crippen LogP contribution in [0.1, 0.15) is 77.4 Å². The van der Waals surface area contributed by atoms with E-state index in [1.54, 1.807) is 0 Å². The van der Waals surface area contributed by atoms with Gasteiger partial charge in [-0.05, 0) is 38.5 Å². The Balaban J connectivity index is 0.00000338. The highest BCUT2D eigenvalue weighted by molar-refractivity contribution is 14.0. The van der Waals surface area contributed by atoms with E-state index in [0.29, 0.717) is 12.0 Å². The summed E-state index contributed by atoms with van der Waals surface area (Å²) in [6.07, 6.45) is 10.4. The van der Waals surface area contributed by atoms with Crippen LogP contribution in [0.25, 0.3) is 0 Å². The van der Waals surface area contributed by atoms with Gasteiger partial charge < -0.3 is 15.6 Å². The van der Waals surface area contributed by atoms with Gasteiger partial charge in [-0.2, -0.15) is 0 Å². The van der Waals surface area contributed by atoms with Gasteiger partial charge in [0.1, 0.15) is 11.6 Å². The summed E-state index contributed by atoms with van der Waals surface area (Å²) in [6.45, 7) is 8.51. The summed E-state index contributed by atoms with van der Waals surface area (Å²) in [5.41, 5.74) is 6.00. The van der Waals surface area contributed by atoms with Crippen molar-refractivity contribution in [2.45, 2.75) is 91.1 Å². The van der Waals surface area contributed by atoms with Crippen molar-refractivity contribution < 1.29 is 0 Å². The van der Waals surface area contributed by atoms with Crippen molar-refractivity contribution in [3.05, 3.63) is 11.6 Å². The molecule has 150 valence electrons. The number of nitrogens with zero attached hydrogens (tertiary/aromatic N) is 4. The summed E-state index contributed by atoms with van der Waals surface area (Å²) < 4.78 is 2.31. The summed E-state index contributed by atoms with van der Waals surface area (Å²) >= 11 is 0. The highest BCUT2D eigenvalue weighted by atomic mass is 127. The molecule has 0 saturated carbocycles. The van der Waals surface area contributed by atoms with E-state index < -0.39 is 0 Å². The summed E-state index contributed by atoms with van der Waals surface area (Å²) in [6, 6.07) is 0.384. The molecule has 0 aromatic carbocycles. The average molecular weight is 476 g/mol. The van der Waals surface area contributed by atoms with Gasteiger partial charge in [0.25, 0.3) is 0 Å². The molecule has 0 fully saturated rings. The van der Waals surface area contributed by atoms with E-state index in [-0.39, 0.29) is 24.0 Å². The maximum atomic E-state index is 6.00. The number of aryl methyl sites for hydroxylation is 2. The van der Waals surface area contributed by atoms with Crippen molar-refractivity contribution in [2.24, 2.45) is 16.6 Å². The third kappa shape index (κ3) is 8.22. The molecule has 0 amide bonds. The van der Waals surface area contributed by atoms with Gasteiger partial charge in [-0.3, -0.25) is 4.99 Å². The van der Waals surface area contributed by atoms with E-state index in [2.05, 4.69) is 45.8 Å². The van der Waals surface area contributed by atoms with Gasteiger partial charge in [0.2, 0.25) is 0 Å². The molecular formula is C19H37IN6. The number of hydrogen-bond acceptors (Lipinski definition) is 3. The number of rotatable bonds is 9. The molecule has 2 heterocycles. The Bertz CT molecular complexity index is 540. The third-order valence-corrected chi connectivity index (χ3v) is 4.84. The van der Waals surface area contributed by atoms with Crippen LogP contribution in [0.5, 0.6) is 0 Å². The number of aromatic nitrogens is 3. The minimum atomic E-state index is 0. The number of nitrogens with two attached hydrogens (primary N) is 1. The molecule has 3 N–H and O–H groups in total. The topological polar surface area (TPSA) is 81.1 Å². The van der Waals surface area contributed by atoms with Crippen LogP contribution in [0.4, 0.5) is 0 Å². The highest BCUT2D eigenvalue weighted by Crippen LogP contribution is 2.15. The molecular weight excluding hydrogens is 439 g/mol. The number of hydrogen-bond donors (Lipinski definition) is 2. The largest absolute Gasteiger partial charge is 0.370 e. The van der Waals surface area contributed by atoms with Crippen molar-refractivity contribution in [3.8, 4) is 0 Å². The van der Waals surface area contributed by atoms with Gasteiger partial charge >= 0.3 is 0 Å². The van der Waals surface area contributed by atoms with Gasteiger partial charge in [0.15, 0.2) is 5.96 Å². The van der Waals surface area contributed by atoms with Crippen molar-refractivity contribution in [1.29, 1.82) is 0 Å². The number of halogens is 1. The second-order valence-corrected chi connectivity index (χ2v) is 7.74. The lowest BCUT2D eigenvalue weighted by molar-refractivity contribution is 0.493. The zero-order valence-corrected chi connectivity index (χ0v) is 19.0. The predicted octanol–water partition coefficient (Wildman–Crippen LogP) is 3.67. The van der Waals surface area contributed by atoms with E-state index in [4.69, 9.17) is 5.73 Å². The lowest BCUT2D eigenvalue weighted by Crippen LogP contribution is -2.38. The second kappa shape index (κ2) is 12.5. The Hall–Kier alpha value is -0.860. The molecule has 0 spiro atoms. The van der Waals surface area contributed by atoms with Gasteiger partial charge in [0, 0.05) is 32.0 Å². The van der Waals surface area contributed by atoms with Crippen LogP contribution < -0.4 is 11.1 Å². The summed E-state index contributed by atoms with van der Waals surface area (Å²) in [5, 5.41) is 12.0. The van der Waals surface area contributed by atoms with Crippen LogP contribution in [0.2, 0.25) is 0 Å². The molecule has 0 aliphatic carbocycles. The highest BCUT2D eigenvalue weighted by Gasteiger charge is 2.14. The van der Waals surface area contributed by atoms with Crippen molar-refractivity contribution in [3.63, 3.8) is 0 Å². The van der Waals surface area contributed by atoms with Crippen LogP contribution in [-0.4, -0.2) is 33.3 Å². The maximum Gasteiger partial charge on any atom is 0.188 e. The van der Waals surface area contributed by atoms with Crippen LogP contribution >= 0.6 is 24.0 Å². The smallest absolute Gasteiger partial charge is 0.188 e. The first-order valence-corrected chi connectivity index (χ1v) is 10.0. The molecule has 2 rings (SSSR count). The number of aliphatic imine (C=N–C) groups is 1. The minimum absolute atomic E-state index is 0. The molecule has 0 radical (unpaired) electrons. The van der Waals surface area contributed by atoms with Gasteiger partial charge in [0.05, 0.1) is 0 Å². The fourth-order valence-corrected chi connectivity index (χ4v) is 3.37. The lowest BCUT2D eigenvalue weighted by Gasteiger charge is -2.15. The van der Waals surface area contributed by atoms with E-state index in [9.17, 15) is 0 Å². The Labute approximate surface area is 175 Å². The summed E-state index contributed by atoms with van der Waals surface area (Å²) in [5.74, 6) is 3.61. The Kier molecular flexibility index (Phi) is 11.2. The van der Waals surface area contributed by atoms with Crippen molar-refractivity contribution in [1.82, 2.24) is 20.1 Å². The standard InChI is InChI=1S/C19H36N6.HI/c1-15(2)9-7-10-16(3)22-19(20)21-13-8-12-18-24-23-17-11-5-4-6-14-25(17)18;/h15-16H,4-14H2,1-3H3,(H3,20,21,22);1H. The fraction of sp³-hybridized carbons (Fsp3) is 0.842. The van der Waals surface area contributed by atoms with Crippen molar-refractivity contribution >= 4 is 29.9 Å². The minimum Gasteiger partial charge on any atom is -0.370 e. The molecule has 1 aromatic heterocycles. The molecule has 6 nitrogen and oxygen atoms in total. The Morgan fingerprint density at radius 3 is 2.73 bits per heavy atom. The van der Waals surface area contributed by atoms with Gasteiger partial charge in [-0.25, -0.2) is 0 Å². The number of fused-ring (bicyclic) bond motifs is 1. The average Bonchev–Trinajstić information content (AvgIpc) is 2.78. The SMILES string of the molecule is CC(C)CCCC(C)NC(N)=NCCCc1nnc2n1CCCCC2.I. The molecule has 1 aliphatic heterocycles. The molecule has 1 aromatic rings. The van der Waals surface area contributed by atoms with Crippen molar-refractivity contribution in [2.75, 3.05) is 6.54 Å². The monoisotopic (exact) mass is 476 g/mol. The molecule has 26 heavy (non-hydrogen) atoms. The summed E-state index contributed by atoms with van der Waals surface area (Å²) in [7, 11) is 0. The Morgan fingerprint density at radius 1 is 1.15 bits per heavy atom. The third-order valence-electron chi connectivity index (χ3n) is 4.84. The van der Waals surface area contributed by atoms with E-state index in [0.717, 1.165) is 56.3 Å². The number of nitrogens with one attached hydrogen (secondary N) is 1. The zero-order chi connectivity index (χ0) is 18.1. The van der Waals surface area contributed by atoms with Crippen LogP contribution in [0.15, 0.2) is 4.99 Å². The number of guanidine groups is 1. The maximum absolute atomic E-state index is 6.00. The van der Waals surface area contributed by atoms with E-state index >= 15 is 0 Å². The first-order valence-electron chi connectivity index (χ1n) is 10.0.